The number of nitriles is 1. The molecule has 0 bridgehead atoms. The molecule has 7 heteroatoms. The zero-order valence-corrected chi connectivity index (χ0v) is 13.5. The molecule has 0 spiro atoms. The standard InChI is InChI=1S/C16H16N4O2S/c1-11-9-18-16(23-11)12-3-2-6-19(10-12)14-4-5-15(20(21)22)13(7-14)8-17/h4-5,7,9,12H,2-3,6,10H2,1H3. The van der Waals surface area contributed by atoms with Crippen LogP contribution in [0.5, 0.6) is 0 Å². The normalized spacial score (nSPS) is 17.7. The maximum atomic E-state index is 10.9. The van der Waals surface area contributed by atoms with Gasteiger partial charge in [-0.25, -0.2) is 4.98 Å². The van der Waals surface area contributed by atoms with E-state index in [9.17, 15) is 10.1 Å². The van der Waals surface area contributed by atoms with Gasteiger partial charge >= 0.3 is 0 Å². The van der Waals surface area contributed by atoms with Crippen LogP contribution in [0.15, 0.2) is 24.4 Å². The predicted octanol–water partition coefficient (Wildman–Crippen LogP) is 3.62. The van der Waals surface area contributed by atoms with Crippen molar-refractivity contribution in [2.75, 3.05) is 18.0 Å². The lowest BCUT2D eigenvalue weighted by molar-refractivity contribution is -0.385. The van der Waals surface area contributed by atoms with E-state index < -0.39 is 4.92 Å². The largest absolute Gasteiger partial charge is 0.371 e. The predicted molar refractivity (Wildman–Crippen MR) is 88.9 cm³/mol. The fraction of sp³-hybridized carbons (Fsp3) is 0.375. The smallest absolute Gasteiger partial charge is 0.287 e. The van der Waals surface area contributed by atoms with Crippen molar-refractivity contribution in [2.24, 2.45) is 0 Å². The summed E-state index contributed by atoms with van der Waals surface area (Å²) in [6.07, 6.45) is 4.04. The summed E-state index contributed by atoms with van der Waals surface area (Å²) in [7, 11) is 0. The van der Waals surface area contributed by atoms with E-state index in [0.29, 0.717) is 5.92 Å². The van der Waals surface area contributed by atoms with Gasteiger partial charge in [0.1, 0.15) is 11.6 Å². The molecule has 3 rings (SSSR count). The number of nitrogens with zero attached hydrogens (tertiary/aromatic N) is 4. The van der Waals surface area contributed by atoms with Crippen LogP contribution in [-0.2, 0) is 0 Å². The van der Waals surface area contributed by atoms with E-state index >= 15 is 0 Å². The molecule has 1 atom stereocenters. The van der Waals surface area contributed by atoms with Gasteiger partial charge in [-0.1, -0.05) is 0 Å². The number of nitro benzene ring substituents is 1. The molecule has 2 aromatic rings. The Morgan fingerprint density at radius 1 is 1.52 bits per heavy atom. The first-order chi connectivity index (χ1) is 11.1. The van der Waals surface area contributed by atoms with Crippen molar-refractivity contribution in [3.8, 4) is 6.07 Å². The van der Waals surface area contributed by atoms with E-state index in [1.165, 1.54) is 10.9 Å². The fourth-order valence-corrected chi connectivity index (χ4v) is 3.84. The summed E-state index contributed by atoms with van der Waals surface area (Å²) in [6.45, 7) is 3.77. The van der Waals surface area contributed by atoms with Gasteiger partial charge in [0, 0.05) is 41.8 Å². The molecule has 1 fully saturated rings. The van der Waals surface area contributed by atoms with E-state index in [1.54, 1.807) is 23.5 Å². The van der Waals surface area contributed by atoms with Crippen LogP contribution in [0.3, 0.4) is 0 Å². The summed E-state index contributed by atoms with van der Waals surface area (Å²) in [5, 5.41) is 21.2. The molecule has 1 saturated heterocycles. The summed E-state index contributed by atoms with van der Waals surface area (Å²) >= 11 is 1.73. The van der Waals surface area contributed by atoms with E-state index in [-0.39, 0.29) is 11.3 Å². The Morgan fingerprint density at radius 2 is 2.35 bits per heavy atom. The van der Waals surface area contributed by atoms with E-state index in [4.69, 9.17) is 5.26 Å². The fourth-order valence-electron chi connectivity index (χ4n) is 2.94. The number of aromatic nitrogens is 1. The Kier molecular flexibility index (Phi) is 4.26. The van der Waals surface area contributed by atoms with Crippen LogP contribution in [0.1, 0.15) is 34.2 Å². The molecule has 23 heavy (non-hydrogen) atoms. The van der Waals surface area contributed by atoms with Gasteiger partial charge in [-0.3, -0.25) is 10.1 Å². The third-order valence-electron chi connectivity index (χ3n) is 4.07. The number of anilines is 1. The molecule has 0 radical (unpaired) electrons. The van der Waals surface area contributed by atoms with Crippen molar-refractivity contribution in [1.29, 1.82) is 5.26 Å². The summed E-state index contributed by atoms with van der Waals surface area (Å²) in [5.41, 5.74) is 0.838. The monoisotopic (exact) mass is 328 g/mol. The maximum absolute atomic E-state index is 10.9. The molecule has 6 nitrogen and oxygen atoms in total. The molecular formula is C16H16N4O2S. The average molecular weight is 328 g/mol. The third kappa shape index (κ3) is 3.17. The molecule has 0 amide bonds. The van der Waals surface area contributed by atoms with E-state index in [0.717, 1.165) is 36.6 Å². The number of thiazole rings is 1. The lowest BCUT2D eigenvalue weighted by atomic mass is 9.98. The number of nitro groups is 1. The molecule has 1 aliphatic rings. The molecule has 0 N–H and O–H groups in total. The topological polar surface area (TPSA) is 83.1 Å². The van der Waals surface area contributed by atoms with Crippen molar-refractivity contribution in [1.82, 2.24) is 4.98 Å². The Labute approximate surface area is 138 Å². The van der Waals surface area contributed by atoms with E-state index in [1.807, 2.05) is 12.3 Å². The maximum Gasteiger partial charge on any atom is 0.287 e. The van der Waals surface area contributed by atoms with Gasteiger partial charge in [0.15, 0.2) is 0 Å². The second-order valence-corrected chi connectivity index (χ2v) is 6.93. The number of aryl methyl sites for hydroxylation is 1. The Balaban J connectivity index is 1.84. The summed E-state index contributed by atoms with van der Waals surface area (Å²) in [6, 6.07) is 6.69. The first-order valence-corrected chi connectivity index (χ1v) is 8.26. The molecule has 1 unspecified atom stereocenters. The number of hydrogen-bond donors (Lipinski definition) is 0. The number of hydrogen-bond acceptors (Lipinski definition) is 6. The summed E-state index contributed by atoms with van der Waals surface area (Å²) < 4.78 is 0. The number of piperidine rings is 1. The van der Waals surface area contributed by atoms with Crippen LogP contribution < -0.4 is 4.90 Å². The number of benzene rings is 1. The number of rotatable bonds is 3. The van der Waals surface area contributed by atoms with Crippen LogP contribution in [0, 0.1) is 28.4 Å². The molecule has 1 aromatic heterocycles. The molecule has 1 aromatic carbocycles. The highest BCUT2D eigenvalue weighted by atomic mass is 32.1. The van der Waals surface area contributed by atoms with Gasteiger partial charge in [-0.2, -0.15) is 5.26 Å². The zero-order chi connectivity index (χ0) is 16.4. The van der Waals surface area contributed by atoms with Crippen molar-refractivity contribution < 1.29 is 4.92 Å². The van der Waals surface area contributed by atoms with Crippen LogP contribution in [0.2, 0.25) is 0 Å². The lowest BCUT2D eigenvalue weighted by Gasteiger charge is -2.33. The van der Waals surface area contributed by atoms with Gasteiger partial charge in [-0.05, 0) is 31.9 Å². The van der Waals surface area contributed by atoms with Crippen LogP contribution in [0.25, 0.3) is 0 Å². The summed E-state index contributed by atoms with van der Waals surface area (Å²) in [4.78, 5) is 18.3. The van der Waals surface area contributed by atoms with Gasteiger partial charge in [0.2, 0.25) is 0 Å². The van der Waals surface area contributed by atoms with E-state index in [2.05, 4.69) is 16.8 Å². The molecule has 2 heterocycles. The molecule has 0 saturated carbocycles. The highest BCUT2D eigenvalue weighted by molar-refractivity contribution is 7.11. The highest BCUT2D eigenvalue weighted by Gasteiger charge is 2.25. The van der Waals surface area contributed by atoms with Crippen molar-refractivity contribution >= 4 is 22.7 Å². The van der Waals surface area contributed by atoms with Gasteiger partial charge in [0.25, 0.3) is 5.69 Å². The zero-order valence-electron chi connectivity index (χ0n) is 12.7. The third-order valence-corrected chi connectivity index (χ3v) is 5.15. The van der Waals surface area contributed by atoms with Crippen LogP contribution >= 0.6 is 11.3 Å². The molecule has 118 valence electrons. The van der Waals surface area contributed by atoms with Gasteiger partial charge in [0.05, 0.1) is 9.93 Å². The van der Waals surface area contributed by atoms with Crippen molar-refractivity contribution in [2.45, 2.75) is 25.7 Å². The summed E-state index contributed by atoms with van der Waals surface area (Å²) in [5.74, 6) is 0.378. The highest BCUT2D eigenvalue weighted by Crippen LogP contribution is 2.33. The van der Waals surface area contributed by atoms with Gasteiger partial charge in [-0.15, -0.1) is 11.3 Å². The Bertz CT molecular complexity index is 781. The quantitative estimate of drug-likeness (QED) is 0.635. The average Bonchev–Trinajstić information content (AvgIpc) is 3.01. The SMILES string of the molecule is Cc1cnc(C2CCCN(c3ccc([N+](=O)[O-])c(C#N)c3)C2)s1. The molecule has 0 aliphatic carbocycles. The van der Waals surface area contributed by atoms with Crippen molar-refractivity contribution in [3.05, 3.63) is 50.0 Å². The first kappa shape index (κ1) is 15.4. The van der Waals surface area contributed by atoms with Gasteiger partial charge < -0.3 is 4.90 Å². The lowest BCUT2D eigenvalue weighted by Crippen LogP contribution is -2.34. The Morgan fingerprint density at radius 3 is 3.00 bits per heavy atom. The van der Waals surface area contributed by atoms with Crippen LogP contribution in [0.4, 0.5) is 11.4 Å². The minimum Gasteiger partial charge on any atom is -0.371 e. The molecular weight excluding hydrogens is 312 g/mol. The van der Waals surface area contributed by atoms with Crippen molar-refractivity contribution in [3.63, 3.8) is 0 Å². The second kappa shape index (κ2) is 6.34. The minimum atomic E-state index is -0.514. The van der Waals surface area contributed by atoms with Crippen LogP contribution in [-0.4, -0.2) is 23.0 Å². The second-order valence-electron chi connectivity index (χ2n) is 5.66. The first-order valence-electron chi connectivity index (χ1n) is 7.44. The minimum absolute atomic E-state index is 0.111. The molecule has 1 aliphatic heterocycles. The Hall–Kier alpha value is -2.46.